The number of piperazine rings is 1. The molecule has 166 valence electrons. The number of amides is 1. The monoisotopic (exact) mass is 434 g/mol. The van der Waals surface area contributed by atoms with E-state index in [4.69, 9.17) is 9.72 Å². The van der Waals surface area contributed by atoms with E-state index >= 15 is 0 Å². The second kappa shape index (κ2) is 9.34. The summed E-state index contributed by atoms with van der Waals surface area (Å²) in [7, 11) is 1.59. The molecule has 1 aliphatic rings. The van der Waals surface area contributed by atoms with Crippen molar-refractivity contribution in [3.8, 4) is 5.75 Å². The van der Waals surface area contributed by atoms with Crippen LogP contribution in [0.15, 0.2) is 48.5 Å². The van der Waals surface area contributed by atoms with Crippen molar-refractivity contribution in [1.29, 1.82) is 0 Å². The minimum atomic E-state index is -0.230. The Bertz CT molecular complexity index is 1130. The standard InChI is InChI=1S/C25H27FN4O2/c1-17-22(16-19-7-4-5-10-23(19)26)24(28-18(2)27-17)29-11-13-30(14-12-29)25(31)20-8-6-9-21(15-20)32-3/h4-10,15H,11-14,16H2,1-3H3. The maximum Gasteiger partial charge on any atom is 0.254 e. The smallest absolute Gasteiger partial charge is 0.254 e. The number of aryl methyl sites for hydroxylation is 2. The second-order valence-corrected chi connectivity index (χ2v) is 7.94. The zero-order valence-corrected chi connectivity index (χ0v) is 18.6. The van der Waals surface area contributed by atoms with Gasteiger partial charge in [-0.05, 0) is 43.7 Å². The third-order valence-corrected chi connectivity index (χ3v) is 5.81. The Labute approximate surface area is 187 Å². The molecule has 1 saturated heterocycles. The quantitative estimate of drug-likeness (QED) is 0.612. The number of hydrogen-bond acceptors (Lipinski definition) is 5. The molecule has 1 aromatic heterocycles. The first kappa shape index (κ1) is 21.7. The molecule has 4 rings (SSSR count). The van der Waals surface area contributed by atoms with Gasteiger partial charge in [0.05, 0.1) is 7.11 Å². The number of rotatable bonds is 5. The fraction of sp³-hybridized carbons (Fsp3) is 0.320. The topological polar surface area (TPSA) is 58.6 Å². The molecule has 6 nitrogen and oxygen atoms in total. The molecule has 0 saturated carbocycles. The molecule has 32 heavy (non-hydrogen) atoms. The van der Waals surface area contributed by atoms with Crippen molar-refractivity contribution in [3.05, 3.63) is 82.6 Å². The summed E-state index contributed by atoms with van der Waals surface area (Å²) in [6.45, 7) is 6.27. The number of carbonyl (C=O) groups is 1. The van der Waals surface area contributed by atoms with Gasteiger partial charge in [-0.3, -0.25) is 4.79 Å². The fourth-order valence-corrected chi connectivity index (χ4v) is 4.08. The van der Waals surface area contributed by atoms with Crippen LogP contribution < -0.4 is 9.64 Å². The first-order valence-corrected chi connectivity index (χ1v) is 10.7. The zero-order chi connectivity index (χ0) is 22.7. The molecule has 1 aliphatic heterocycles. The maximum absolute atomic E-state index is 14.3. The van der Waals surface area contributed by atoms with Crippen LogP contribution in [0.1, 0.15) is 33.0 Å². The van der Waals surface area contributed by atoms with Crippen molar-refractivity contribution < 1.29 is 13.9 Å². The molecule has 0 bridgehead atoms. The van der Waals surface area contributed by atoms with Gasteiger partial charge in [0.15, 0.2) is 0 Å². The van der Waals surface area contributed by atoms with E-state index in [-0.39, 0.29) is 11.7 Å². The third kappa shape index (κ3) is 4.56. The number of hydrogen-bond donors (Lipinski definition) is 0. The number of anilines is 1. The predicted octanol–water partition coefficient (Wildman–Crippen LogP) is 3.79. The molecule has 3 aromatic rings. The van der Waals surface area contributed by atoms with Crippen LogP contribution in [0.3, 0.4) is 0 Å². The van der Waals surface area contributed by atoms with Gasteiger partial charge >= 0.3 is 0 Å². The molecule has 2 aromatic carbocycles. The largest absolute Gasteiger partial charge is 0.497 e. The van der Waals surface area contributed by atoms with Crippen LogP contribution in [-0.2, 0) is 6.42 Å². The first-order chi connectivity index (χ1) is 15.5. The van der Waals surface area contributed by atoms with Crippen LogP contribution in [0.4, 0.5) is 10.2 Å². The molecule has 0 spiro atoms. The third-order valence-electron chi connectivity index (χ3n) is 5.81. The lowest BCUT2D eigenvalue weighted by Crippen LogP contribution is -2.49. The molecule has 7 heteroatoms. The number of methoxy groups -OCH3 is 1. The van der Waals surface area contributed by atoms with E-state index in [1.807, 2.05) is 36.9 Å². The summed E-state index contributed by atoms with van der Waals surface area (Å²) in [5, 5.41) is 0. The number of benzene rings is 2. The van der Waals surface area contributed by atoms with Crippen molar-refractivity contribution in [2.75, 3.05) is 38.2 Å². The lowest BCUT2D eigenvalue weighted by Gasteiger charge is -2.36. The lowest BCUT2D eigenvalue weighted by molar-refractivity contribution is 0.0746. The Morgan fingerprint density at radius 1 is 1.03 bits per heavy atom. The minimum absolute atomic E-state index is 0.00909. The van der Waals surface area contributed by atoms with Crippen molar-refractivity contribution in [1.82, 2.24) is 14.9 Å². The van der Waals surface area contributed by atoms with Crippen LogP contribution in [0, 0.1) is 19.7 Å². The molecular formula is C25H27FN4O2. The highest BCUT2D eigenvalue weighted by molar-refractivity contribution is 5.94. The maximum atomic E-state index is 14.3. The van der Waals surface area contributed by atoms with Gasteiger partial charge in [-0.25, -0.2) is 14.4 Å². The van der Waals surface area contributed by atoms with Crippen molar-refractivity contribution in [2.24, 2.45) is 0 Å². The Morgan fingerprint density at radius 2 is 1.78 bits per heavy atom. The molecule has 0 aliphatic carbocycles. The Morgan fingerprint density at radius 3 is 2.50 bits per heavy atom. The summed E-state index contributed by atoms with van der Waals surface area (Å²) in [6, 6.07) is 14.0. The lowest BCUT2D eigenvalue weighted by atomic mass is 10.0. The van der Waals surface area contributed by atoms with E-state index < -0.39 is 0 Å². The van der Waals surface area contributed by atoms with E-state index in [9.17, 15) is 9.18 Å². The summed E-state index contributed by atoms with van der Waals surface area (Å²) in [4.78, 5) is 26.2. The molecule has 1 amide bonds. The van der Waals surface area contributed by atoms with Gasteiger partial charge in [0.2, 0.25) is 0 Å². The van der Waals surface area contributed by atoms with Crippen LogP contribution in [0.25, 0.3) is 0 Å². The molecule has 0 N–H and O–H groups in total. The van der Waals surface area contributed by atoms with E-state index in [1.54, 1.807) is 31.4 Å². The average molecular weight is 435 g/mol. The predicted molar refractivity (Wildman–Crippen MR) is 122 cm³/mol. The van der Waals surface area contributed by atoms with Crippen LogP contribution in [0.5, 0.6) is 5.75 Å². The zero-order valence-electron chi connectivity index (χ0n) is 18.6. The first-order valence-electron chi connectivity index (χ1n) is 10.7. The summed E-state index contributed by atoms with van der Waals surface area (Å²) in [5.41, 5.74) is 3.02. The summed E-state index contributed by atoms with van der Waals surface area (Å²) in [6.07, 6.45) is 0.428. The highest BCUT2D eigenvalue weighted by Gasteiger charge is 2.26. The number of carbonyl (C=O) groups excluding carboxylic acids is 1. The Balaban J connectivity index is 1.53. The average Bonchev–Trinajstić information content (AvgIpc) is 2.81. The summed E-state index contributed by atoms with van der Waals surface area (Å²) in [5.74, 6) is 1.94. The fourth-order valence-electron chi connectivity index (χ4n) is 4.08. The number of aromatic nitrogens is 2. The van der Waals surface area contributed by atoms with Gasteiger partial charge in [-0.1, -0.05) is 24.3 Å². The van der Waals surface area contributed by atoms with E-state index in [1.165, 1.54) is 6.07 Å². The minimum Gasteiger partial charge on any atom is -0.497 e. The number of halogens is 1. The molecule has 1 fully saturated rings. The molecular weight excluding hydrogens is 407 g/mol. The van der Waals surface area contributed by atoms with E-state index in [0.717, 1.165) is 17.1 Å². The van der Waals surface area contributed by atoms with Gasteiger partial charge in [0, 0.05) is 49.4 Å². The summed E-state index contributed by atoms with van der Waals surface area (Å²) < 4.78 is 19.5. The van der Waals surface area contributed by atoms with E-state index in [0.29, 0.717) is 55.3 Å². The summed E-state index contributed by atoms with van der Waals surface area (Å²) >= 11 is 0. The highest BCUT2D eigenvalue weighted by atomic mass is 19.1. The molecule has 0 atom stereocenters. The van der Waals surface area contributed by atoms with Crippen LogP contribution in [0.2, 0.25) is 0 Å². The normalized spacial score (nSPS) is 13.9. The van der Waals surface area contributed by atoms with Gasteiger partial charge in [0.25, 0.3) is 5.91 Å². The molecule has 2 heterocycles. The van der Waals surface area contributed by atoms with Gasteiger partial charge in [-0.2, -0.15) is 0 Å². The van der Waals surface area contributed by atoms with Gasteiger partial charge in [-0.15, -0.1) is 0 Å². The number of ether oxygens (including phenoxy) is 1. The van der Waals surface area contributed by atoms with Crippen LogP contribution in [-0.4, -0.2) is 54.1 Å². The van der Waals surface area contributed by atoms with Crippen LogP contribution >= 0.6 is 0 Å². The Kier molecular flexibility index (Phi) is 6.35. The SMILES string of the molecule is COc1cccc(C(=O)N2CCN(c3nc(C)nc(C)c3Cc3ccccc3F)CC2)c1. The van der Waals surface area contributed by atoms with Crippen molar-refractivity contribution in [2.45, 2.75) is 20.3 Å². The molecule has 0 unspecified atom stereocenters. The van der Waals surface area contributed by atoms with Gasteiger partial charge < -0.3 is 14.5 Å². The van der Waals surface area contributed by atoms with Gasteiger partial charge in [0.1, 0.15) is 23.2 Å². The van der Waals surface area contributed by atoms with Crippen molar-refractivity contribution >= 4 is 11.7 Å². The second-order valence-electron chi connectivity index (χ2n) is 7.94. The van der Waals surface area contributed by atoms with E-state index in [2.05, 4.69) is 9.88 Å². The van der Waals surface area contributed by atoms with Crippen molar-refractivity contribution in [3.63, 3.8) is 0 Å². The molecule has 0 radical (unpaired) electrons. The number of nitrogens with zero attached hydrogens (tertiary/aromatic N) is 4. The highest BCUT2D eigenvalue weighted by Crippen LogP contribution is 2.26. The Hall–Kier alpha value is -3.48.